The standard InChI is InChI=1S/C23H21N3O2.CH4/c1-5-7-15-8-10-16(11-9-15)23-22-17-12-20(27-3)21(28-4)13-18(17)24-14-19(22)26(6-2)25-23;/h8-14H,6H2,1-4H3;1H4. The molecule has 29 heavy (non-hydrogen) atoms. The number of rotatable bonds is 4. The molecule has 5 nitrogen and oxygen atoms in total. The molecule has 0 spiro atoms. The molecule has 5 heteroatoms. The molecule has 4 aromatic rings. The molecule has 2 aromatic carbocycles. The van der Waals surface area contributed by atoms with Gasteiger partial charge in [-0.2, -0.15) is 5.10 Å². The van der Waals surface area contributed by atoms with Crippen molar-refractivity contribution in [3.63, 3.8) is 0 Å². The van der Waals surface area contributed by atoms with Crippen LogP contribution in [0.3, 0.4) is 0 Å². The van der Waals surface area contributed by atoms with Gasteiger partial charge in [0.05, 0.1) is 31.4 Å². The first-order valence-corrected chi connectivity index (χ1v) is 9.14. The van der Waals surface area contributed by atoms with Crippen LogP contribution in [0.2, 0.25) is 0 Å². The Morgan fingerprint density at radius 1 is 1.03 bits per heavy atom. The van der Waals surface area contributed by atoms with E-state index in [2.05, 4.69) is 35.9 Å². The molecular weight excluding hydrogens is 362 g/mol. The monoisotopic (exact) mass is 387 g/mol. The van der Waals surface area contributed by atoms with Crippen LogP contribution in [0.5, 0.6) is 11.5 Å². The maximum atomic E-state index is 5.52. The van der Waals surface area contributed by atoms with E-state index in [1.807, 2.05) is 42.1 Å². The third-order valence-electron chi connectivity index (χ3n) is 4.82. The summed E-state index contributed by atoms with van der Waals surface area (Å²) >= 11 is 0. The zero-order valence-electron chi connectivity index (χ0n) is 16.4. The van der Waals surface area contributed by atoms with Crippen molar-refractivity contribution in [2.75, 3.05) is 14.2 Å². The number of pyridine rings is 1. The van der Waals surface area contributed by atoms with Crippen molar-refractivity contribution in [1.29, 1.82) is 0 Å². The lowest BCUT2D eigenvalue weighted by molar-refractivity contribution is 0.356. The van der Waals surface area contributed by atoms with Crippen molar-refractivity contribution in [2.45, 2.75) is 27.8 Å². The minimum Gasteiger partial charge on any atom is -0.493 e. The maximum absolute atomic E-state index is 5.52. The average molecular weight is 387 g/mol. The van der Waals surface area contributed by atoms with Crippen molar-refractivity contribution in [3.05, 3.63) is 48.2 Å². The molecule has 0 unspecified atom stereocenters. The SMILES string of the molecule is C.CC#Cc1ccc(-c2nn(CC)c3cnc4cc(OC)c(OC)cc4c23)cc1. The Hall–Kier alpha value is -3.52. The number of aryl methyl sites for hydroxylation is 1. The summed E-state index contributed by atoms with van der Waals surface area (Å²) in [6.07, 6.45) is 1.88. The van der Waals surface area contributed by atoms with Crippen LogP contribution >= 0.6 is 0 Å². The van der Waals surface area contributed by atoms with Gasteiger partial charge < -0.3 is 9.47 Å². The van der Waals surface area contributed by atoms with E-state index >= 15 is 0 Å². The van der Waals surface area contributed by atoms with E-state index in [-0.39, 0.29) is 7.43 Å². The number of hydrogen-bond acceptors (Lipinski definition) is 4. The first-order chi connectivity index (χ1) is 13.7. The van der Waals surface area contributed by atoms with Crippen molar-refractivity contribution < 1.29 is 9.47 Å². The number of methoxy groups -OCH3 is 2. The molecule has 0 radical (unpaired) electrons. The van der Waals surface area contributed by atoms with Crippen molar-refractivity contribution in [2.24, 2.45) is 0 Å². The first kappa shape index (κ1) is 20.2. The average Bonchev–Trinajstić information content (AvgIpc) is 3.12. The third kappa shape index (κ3) is 3.38. The summed E-state index contributed by atoms with van der Waals surface area (Å²) in [6.45, 7) is 4.68. The summed E-state index contributed by atoms with van der Waals surface area (Å²) in [4.78, 5) is 4.63. The lowest BCUT2D eigenvalue weighted by Gasteiger charge is -2.10. The van der Waals surface area contributed by atoms with Crippen molar-refractivity contribution in [1.82, 2.24) is 14.8 Å². The fraction of sp³-hybridized carbons (Fsp3) is 0.250. The largest absolute Gasteiger partial charge is 0.493 e. The Bertz CT molecular complexity index is 1230. The van der Waals surface area contributed by atoms with Crippen LogP contribution in [-0.2, 0) is 6.54 Å². The van der Waals surface area contributed by atoms with Crippen LogP contribution in [0.1, 0.15) is 26.8 Å². The van der Waals surface area contributed by atoms with Crippen LogP contribution in [-0.4, -0.2) is 29.0 Å². The predicted octanol–water partition coefficient (Wildman–Crippen LogP) is 5.30. The van der Waals surface area contributed by atoms with Crippen LogP contribution in [0.25, 0.3) is 33.1 Å². The molecule has 0 aliphatic heterocycles. The van der Waals surface area contributed by atoms with Gasteiger partial charge in [-0.3, -0.25) is 9.67 Å². The van der Waals surface area contributed by atoms with Gasteiger partial charge in [-0.05, 0) is 32.0 Å². The number of nitrogens with zero attached hydrogens (tertiary/aromatic N) is 3. The van der Waals surface area contributed by atoms with E-state index in [9.17, 15) is 0 Å². The molecule has 4 rings (SSSR count). The molecule has 0 bridgehead atoms. The lowest BCUT2D eigenvalue weighted by Crippen LogP contribution is -1.96. The second kappa shape index (κ2) is 8.24. The highest BCUT2D eigenvalue weighted by atomic mass is 16.5. The van der Waals surface area contributed by atoms with E-state index in [4.69, 9.17) is 14.6 Å². The highest BCUT2D eigenvalue weighted by Crippen LogP contribution is 2.38. The molecule has 0 saturated heterocycles. The molecule has 0 aliphatic carbocycles. The number of aromatic nitrogens is 3. The minimum absolute atomic E-state index is 0. The highest BCUT2D eigenvalue weighted by Gasteiger charge is 2.17. The van der Waals surface area contributed by atoms with Crippen LogP contribution in [0.4, 0.5) is 0 Å². The fourth-order valence-electron chi connectivity index (χ4n) is 3.48. The molecule has 0 N–H and O–H groups in total. The van der Waals surface area contributed by atoms with Crippen LogP contribution in [0, 0.1) is 11.8 Å². The Kier molecular flexibility index (Phi) is 5.74. The summed E-state index contributed by atoms with van der Waals surface area (Å²) < 4.78 is 12.9. The molecule has 0 aliphatic rings. The van der Waals surface area contributed by atoms with Gasteiger partial charge in [0.2, 0.25) is 0 Å². The summed E-state index contributed by atoms with van der Waals surface area (Å²) in [5.41, 5.74) is 4.79. The number of hydrogen-bond donors (Lipinski definition) is 0. The zero-order valence-corrected chi connectivity index (χ0v) is 16.4. The Labute approximate surface area is 171 Å². The van der Waals surface area contributed by atoms with Crippen molar-refractivity contribution >= 4 is 21.8 Å². The third-order valence-corrected chi connectivity index (χ3v) is 4.82. The summed E-state index contributed by atoms with van der Waals surface area (Å²) in [5.74, 6) is 7.35. The molecule has 0 fully saturated rings. The first-order valence-electron chi connectivity index (χ1n) is 9.14. The lowest BCUT2D eigenvalue weighted by atomic mass is 10.0. The van der Waals surface area contributed by atoms with E-state index in [1.165, 1.54) is 0 Å². The highest BCUT2D eigenvalue weighted by molar-refractivity contribution is 6.11. The van der Waals surface area contributed by atoms with Gasteiger partial charge in [0.15, 0.2) is 11.5 Å². The smallest absolute Gasteiger partial charge is 0.162 e. The quantitative estimate of drug-likeness (QED) is 0.446. The van der Waals surface area contributed by atoms with Crippen molar-refractivity contribution in [3.8, 4) is 34.6 Å². The van der Waals surface area contributed by atoms with E-state index in [0.29, 0.717) is 11.5 Å². The molecule has 2 aromatic heterocycles. The predicted molar refractivity (Wildman–Crippen MR) is 119 cm³/mol. The van der Waals surface area contributed by atoms with Gasteiger partial charge in [0, 0.05) is 34.5 Å². The molecule has 0 atom stereocenters. The van der Waals surface area contributed by atoms with Gasteiger partial charge in [0.1, 0.15) is 5.69 Å². The number of ether oxygens (including phenoxy) is 2. The van der Waals surface area contributed by atoms with Gasteiger partial charge in [0.25, 0.3) is 0 Å². The molecular formula is C24H25N3O2. The number of benzene rings is 2. The second-order valence-electron chi connectivity index (χ2n) is 6.36. The Morgan fingerprint density at radius 3 is 2.34 bits per heavy atom. The molecule has 0 amide bonds. The van der Waals surface area contributed by atoms with Crippen LogP contribution < -0.4 is 9.47 Å². The minimum atomic E-state index is 0. The number of fused-ring (bicyclic) bond motifs is 3. The maximum Gasteiger partial charge on any atom is 0.162 e. The van der Waals surface area contributed by atoms with Gasteiger partial charge >= 0.3 is 0 Å². The van der Waals surface area contributed by atoms with E-state index in [1.54, 1.807) is 14.2 Å². The van der Waals surface area contributed by atoms with Gasteiger partial charge in [-0.25, -0.2) is 0 Å². The van der Waals surface area contributed by atoms with E-state index < -0.39 is 0 Å². The summed E-state index contributed by atoms with van der Waals surface area (Å²) in [6, 6.07) is 12.1. The Balaban J connectivity index is 0.00000240. The van der Waals surface area contributed by atoms with Crippen LogP contribution in [0.15, 0.2) is 42.6 Å². The Morgan fingerprint density at radius 2 is 1.72 bits per heavy atom. The van der Waals surface area contributed by atoms with Gasteiger partial charge in [-0.15, -0.1) is 5.92 Å². The molecule has 148 valence electrons. The second-order valence-corrected chi connectivity index (χ2v) is 6.36. The molecule has 2 heterocycles. The normalized spacial score (nSPS) is 10.3. The fourth-order valence-corrected chi connectivity index (χ4v) is 3.48. The zero-order chi connectivity index (χ0) is 19.7. The van der Waals surface area contributed by atoms with E-state index in [0.717, 1.165) is 45.2 Å². The summed E-state index contributed by atoms with van der Waals surface area (Å²) in [5, 5.41) is 6.92. The summed E-state index contributed by atoms with van der Waals surface area (Å²) in [7, 11) is 3.27. The topological polar surface area (TPSA) is 49.2 Å². The van der Waals surface area contributed by atoms with Gasteiger partial charge in [-0.1, -0.05) is 25.5 Å². The molecule has 0 saturated carbocycles.